The fourth-order valence-electron chi connectivity index (χ4n) is 2.99. The van der Waals surface area contributed by atoms with E-state index in [1.165, 1.54) is 44.7 Å². The van der Waals surface area contributed by atoms with Crippen LogP contribution in [-0.4, -0.2) is 33.3 Å². The van der Waals surface area contributed by atoms with Gasteiger partial charge in [-0.25, -0.2) is 0 Å². The molecule has 0 atom stereocenters. The van der Waals surface area contributed by atoms with E-state index >= 15 is 0 Å². The molecule has 0 unspecified atom stereocenters. The zero-order valence-electron chi connectivity index (χ0n) is 10.4. The minimum absolute atomic E-state index is 0.554. The summed E-state index contributed by atoms with van der Waals surface area (Å²) in [5, 5.41) is 3.42. The summed E-state index contributed by atoms with van der Waals surface area (Å²) >= 11 is 0. The molecule has 2 heterocycles. The van der Waals surface area contributed by atoms with Gasteiger partial charge < -0.3 is 15.0 Å². The molecule has 1 N–H and O–H groups in total. The fourth-order valence-corrected chi connectivity index (χ4v) is 2.99. The molecule has 1 aromatic carbocycles. The molecule has 0 saturated carbocycles. The Hall–Kier alpha value is -1.22. The van der Waals surface area contributed by atoms with Crippen LogP contribution in [0.5, 0.6) is 5.75 Å². The smallest absolute Gasteiger partial charge is 0.119 e. The molecular formula is C14H20N2O. The Morgan fingerprint density at radius 2 is 2.00 bits per heavy atom. The lowest BCUT2D eigenvalue weighted by Crippen LogP contribution is -2.61. The van der Waals surface area contributed by atoms with Crippen LogP contribution < -0.4 is 15.0 Å². The Kier molecular flexibility index (Phi) is 2.71. The number of nitrogens with zero attached hydrogens (tertiary/aromatic N) is 1. The highest BCUT2D eigenvalue weighted by molar-refractivity contribution is 5.49. The predicted molar refractivity (Wildman–Crippen MR) is 69.7 cm³/mol. The summed E-state index contributed by atoms with van der Waals surface area (Å²) in [5.41, 5.74) is 1.88. The van der Waals surface area contributed by atoms with Crippen LogP contribution in [-0.2, 0) is 0 Å². The van der Waals surface area contributed by atoms with Gasteiger partial charge in [-0.2, -0.15) is 0 Å². The molecule has 92 valence electrons. The van der Waals surface area contributed by atoms with Crippen molar-refractivity contribution in [1.82, 2.24) is 5.32 Å². The Morgan fingerprint density at radius 3 is 2.59 bits per heavy atom. The molecule has 2 saturated heterocycles. The molecule has 2 fully saturated rings. The molecule has 3 heteroatoms. The first-order valence-corrected chi connectivity index (χ1v) is 6.41. The lowest BCUT2D eigenvalue weighted by Gasteiger charge is -2.50. The van der Waals surface area contributed by atoms with Gasteiger partial charge in [-0.05, 0) is 37.1 Å². The molecule has 0 aromatic heterocycles. The molecule has 1 spiro atoms. The highest BCUT2D eigenvalue weighted by atomic mass is 16.5. The van der Waals surface area contributed by atoms with Crippen LogP contribution in [0.15, 0.2) is 24.3 Å². The summed E-state index contributed by atoms with van der Waals surface area (Å²) in [6.45, 7) is 4.78. The minimum Gasteiger partial charge on any atom is -0.497 e. The van der Waals surface area contributed by atoms with Crippen molar-refractivity contribution in [3.8, 4) is 5.75 Å². The van der Waals surface area contributed by atoms with Gasteiger partial charge in [0.25, 0.3) is 0 Å². The van der Waals surface area contributed by atoms with Crippen molar-refractivity contribution < 1.29 is 4.74 Å². The van der Waals surface area contributed by atoms with E-state index in [0.29, 0.717) is 5.41 Å². The van der Waals surface area contributed by atoms with Gasteiger partial charge >= 0.3 is 0 Å². The molecule has 0 amide bonds. The van der Waals surface area contributed by atoms with Crippen LogP contribution in [0.3, 0.4) is 0 Å². The average molecular weight is 232 g/mol. The number of benzene rings is 1. The number of hydrogen-bond donors (Lipinski definition) is 1. The van der Waals surface area contributed by atoms with Gasteiger partial charge in [0, 0.05) is 37.3 Å². The Labute approximate surface area is 103 Å². The lowest BCUT2D eigenvalue weighted by molar-refractivity contribution is 0.138. The molecule has 0 radical (unpaired) electrons. The normalized spacial score (nSPS) is 22.3. The van der Waals surface area contributed by atoms with Gasteiger partial charge in [0.1, 0.15) is 5.75 Å². The van der Waals surface area contributed by atoms with Crippen molar-refractivity contribution >= 4 is 5.69 Å². The predicted octanol–water partition coefficient (Wildman–Crippen LogP) is 1.88. The maximum absolute atomic E-state index is 5.20. The summed E-state index contributed by atoms with van der Waals surface area (Å²) in [6.07, 6.45) is 2.69. The summed E-state index contributed by atoms with van der Waals surface area (Å²) in [5.74, 6) is 0.936. The highest BCUT2D eigenvalue weighted by Gasteiger charge is 2.40. The van der Waals surface area contributed by atoms with Crippen LogP contribution in [0.4, 0.5) is 5.69 Å². The Balaban J connectivity index is 1.74. The number of hydrogen-bond acceptors (Lipinski definition) is 3. The number of anilines is 1. The van der Waals surface area contributed by atoms with Crippen LogP contribution in [0, 0.1) is 5.41 Å². The third-order valence-electron chi connectivity index (χ3n) is 4.10. The maximum atomic E-state index is 5.20. The van der Waals surface area contributed by atoms with E-state index in [1.807, 2.05) is 0 Å². The molecular weight excluding hydrogens is 212 g/mol. The number of ether oxygens (including phenoxy) is 1. The number of rotatable bonds is 2. The number of methoxy groups -OCH3 is 1. The van der Waals surface area contributed by atoms with Gasteiger partial charge in [0.15, 0.2) is 0 Å². The standard InChI is InChI=1S/C14H20N2O/c1-17-13-5-3-12(4-6-13)16-8-2-7-14(11-16)9-15-10-14/h3-6,15H,2,7-11H2,1H3. The first-order chi connectivity index (χ1) is 8.31. The van der Waals surface area contributed by atoms with Crippen molar-refractivity contribution in [2.75, 3.05) is 38.2 Å². The van der Waals surface area contributed by atoms with Crippen LogP contribution in [0.25, 0.3) is 0 Å². The van der Waals surface area contributed by atoms with E-state index < -0.39 is 0 Å². The minimum atomic E-state index is 0.554. The van der Waals surface area contributed by atoms with Crippen molar-refractivity contribution in [3.63, 3.8) is 0 Å². The summed E-state index contributed by atoms with van der Waals surface area (Å²) in [4.78, 5) is 2.52. The van der Waals surface area contributed by atoms with Gasteiger partial charge in [-0.1, -0.05) is 0 Å². The second-order valence-corrected chi connectivity index (χ2v) is 5.33. The quantitative estimate of drug-likeness (QED) is 0.842. The third kappa shape index (κ3) is 2.00. The van der Waals surface area contributed by atoms with Crippen molar-refractivity contribution in [1.29, 1.82) is 0 Å². The van der Waals surface area contributed by atoms with E-state index in [2.05, 4.69) is 34.5 Å². The molecule has 2 aliphatic rings. The van der Waals surface area contributed by atoms with Crippen LogP contribution in [0.1, 0.15) is 12.8 Å². The maximum Gasteiger partial charge on any atom is 0.119 e. The third-order valence-corrected chi connectivity index (χ3v) is 4.10. The lowest BCUT2D eigenvalue weighted by atomic mass is 9.75. The van der Waals surface area contributed by atoms with Crippen LogP contribution >= 0.6 is 0 Å². The van der Waals surface area contributed by atoms with Gasteiger partial charge in [0.05, 0.1) is 7.11 Å². The van der Waals surface area contributed by atoms with Crippen molar-refractivity contribution in [2.24, 2.45) is 5.41 Å². The van der Waals surface area contributed by atoms with Crippen molar-refractivity contribution in [2.45, 2.75) is 12.8 Å². The SMILES string of the molecule is COc1ccc(N2CCCC3(CNC3)C2)cc1. The van der Waals surface area contributed by atoms with E-state index in [-0.39, 0.29) is 0 Å². The van der Waals surface area contributed by atoms with E-state index in [1.54, 1.807) is 7.11 Å². The molecule has 3 rings (SSSR count). The van der Waals surface area contributed by atoms with E-state index in [4.69, 9.17) is 4.74 Å². The highest BCUT2D eigenvalue weighted by Crippen LogP contribution is 2.35. The second-order valence-electron chi connectivity index (χ2n) is 5.33. The fraction of sp³-hybridized carbons (Fsp3) is 0.571. The molecule has 1 aromatic rings. The summed E-state index contributed by atoms with van der Waals surface area (Å²) < 4.78 is 5.20. The van der Waals surface area contributed by atoms with Gasteiger partial charge in [-0.15, -0.1) is 0 Å². The van der Waals surface area contributed by atoms with Gasteiger partial charge in [-0.3, -0.25) is 0 Å². The largest absolute Gasteiger partial charge is 0.497 e. The number of piperidine rings is 1. The monoisotopic (exact) mass is 232 g/mol. The number of nitrogens with one attached hydrogen (secondary N) is 1. The summed E-state index contributed by atoms with van der Waals surface area (Å²) in [6, 6.07) is 8.44. The zero-order chi connectivity index (χ0) is 11.7. The Morgan fingerprint density at radius 1 is 1.24 bits per heavy atom. The topological polar surface area (TPSA) is 24.5 Å². The zero-order valence-corrected chi connectivity index (χ0v) is 10.4. The first kappa shape index (κ1) is 10.9. The van der Waals surface area contributed by atoms with E-state index in [0.717, 1.165) is 5.75 Å². The second kappa shape index (κ2) is 4.22. The molecule has 0 bridgehead atoms. The first-order valence-electron chi connectivity index (χ1n) is 6.41. The van der Waals surface area contributed by atoms with Gasteiger partial charge in [0.2, 0.25) is 0 Å². The molecule has 3 nitrogen and oxygen atoms in total. The molecule has 2 aliphatic heterocycles. The Bertz CT molecular complexity index is 384. The molecule has 17 heavy (non-hydrogen) atoms. The average Bonchev–Trinajstić information content (AvgIpc) is 2.37. The molecule has 0 aliphatic carbocycles. The van der Waals surface area contributed by atoms with E-state index in [9.17, 15) is 0 Å². The van der Waals surface area contributed by atoms with Crippen molar-refractivity contribution in [3.05, 3.63) is 24.3 Å². The van der Waals surface area contributed by atoms with Crippen LogP contribution in [0.2, 0.25) is 0 Å². The summed E-state index contributed by atoms with van der Waals surface area (Å²) in [7, 11) is 1.71.